The van der Waals surface area contributed by atoms with Gasteiger partial charge >= 0.3 is 5.97 Å². The van der Waals surface area contributed by atoms with Crippen LogP contribution in [0.15, 0.2) is 36.4 Å². The Labute approximate surface area is 139 Å². The summed E-state index contributed by atoms with van der Waals surface area (Å²) in [6.07, 6.45) is -4.70. The van der Waals surface area contributed by atoms with Gasteiger partial charge in [-0.15, -0.1) is 0 Å². The van der Waals surface area contributed by atoms with Gasteiger partial charge < -0.3 is 29.9 Å². The van der Waals surface area contributed by atoms with Gasteiger partial charge in [0.2, 0.25) is 0 Å². The van der Waals surface area contributed by atoms with E-state index < -0.39 is 43.1 Å². The average Bonchev–Trinajstić information content (AvgIpc) is 2.61. The van der Waals surface area contributed by atoms with Gasteiger partial charge in [0, 0.05) is 12.5 Å². The van der Waals surface area contributed by atoms with Gasteiger partial charge in [0.15, 0.2) is 0 Å². The molecule has 1 aliphatic rings. The molecule has 0 saturated carbocycles. The molecular weight excluding hydrogens is 316 g/mol. The van der Waals surface area contributed by atoms with E-state index in [0.29, 0.717) is 5.57 Å². The first kappa shape index (κ1) is 18.6. The lowest BCUT2D eigenvalue weighted by Crippen LogP contribution is -2.58. The molecule has 24 heavy (non-hydrogen) atoms. The summed E-state index contributed by atoms with van der Waals surface area (Å²) in [5.41, 5.74) is 1.28. The number of ether oxygens (including phenoxy) is 2. The van der Waals surface area contributed by atoms with Gasteiger partial charge in [-0.1, -0.05) is 30.3 Å². The van der Waals surface area contributed by atoms with E-state index in [-0.39, 0.29) is 6.42 Å². The lowest BCUT2D eigenvalue weighted by Gasteiger charge is -2.40. The second kappa shape index (κ2) is 8.36. The van der Waals surface area contributed by atoms with Crippen molar-refractivity contribution in [3.63, 3.8) is 0 Å². The minimum Gasteiger partial charge on any atom is -0.466 e. The van der Waals surface area contributed by atoms with Gasteiger partial charge in [-0.25, -0.2) is 4.79 Å². The van der Waals surface area contributed by atoms with E-state index >= 15 is 0 Å². The van der Waals surface area contributed by atoms with E-state index in [1.54, 1.807) is 24.3 Å². The van der Waals surface area contributed by atoms with Crippen LogP contribution in [0.1, 0.15) is 12.0 Å². The molecule has 1 heterocycles. The van der Waals surface area contributed by atoms with Crippen LogP contribution in [0, 0.1) is 0 Å². The van der Waals surface area contributed by atoms with Crippen molar-refractivity contribution in [2.75, 3.05) is 13.7 Å². The highest BCUT2D eigenvalue weighted by atomic mass is 16.5. The largest absolute Gasteiger partial charge is 0.466 e. The van der Waals surface area contributed by atoms with Crippen LogP contribution >= 0.6 is 0 Å². The summed E-state index contributed by atoms with van der Waals surface area (Å²) in [5, 5.41) is 39.1. The number of rotatable bonds is 5. The van der Waals surface area contributed by atoms with Crippen LogP contribution in [0.3, 0.4) is 0 Å². The molecule has 0 radical (unpaired) electrons. The van der Waals surface area contributed by atoms with Crippen molar-refractivity contribution in [2.45, 2.75) is 36.9 Å². The maximum atomic E-state index is 11.6. The third-order valence-corrected chi connectivity index (χ3v) is 4.05. The van der Waals surface area contributed by atoms with Crippen LogP contribution in [-0.2, 0) is 14.3 Å². The Hall–Kier alpha value is -1.77. The van der Waals surface area contributed by atoms with Crippen molar-refractivity contribution in [3.05, 3.63) is 42.0 Å². The van der Waals surface area contributed by atoms with Crippen LogP contribution in [0.2, 0.25) is 0 Å². The Morgan fingerprint density at radius 1 is 1.12 bits per heavy atom. The monoisotopic (exact) mass is 338 g/mol. The molecule has 1 aromatic rings. The lowest BCUT2D eigenvalue weighted by atomic mass is 9.89. The van der Waals surface area contributed by atoms with Crippen molar-refractivity contribution >= 4 is 11.5 Å². The number of carbonyl (C=O) groups is 1. The number of methoxy groups -OCH3 is 1. The fraction of sp³-hybridized carbons (Fsp3) is 0.471. The highest BCUT2D eigenvalue weighted by molar-refractivity contribution is 5.91. The summed E-state index contributed by atoms with van der Waals surface area (Å²) in [5.74, 6) is -0.557. The molecule has 0 aliphatic carbocycles. The minimum absolute atomic E-state index is 0.0978. The van der Waals surface area contributed by atoms with Gasteiger partial charge in [0.1, 0.15) is 24.4 Å². The molecule has 132 valence electrons. The molecule has 0 aromatic heterocycles. The normalized spacial score (nSPS) is 30.9. The van der Waals surface area contributed by atoms with Gasteiger partial charge in [0.05, 0.1) is 19.8 Å². The van der Waals surface area contributed by atoms with Crippen molar-refractivity contribution in [1.82, 2.24) is 0 Å². The van der Waals surface area contributed by atoms with E-state index in [1.807, 2.05) is 6.07 Å². The first-order valence-corrected chi connectivity index (χ1v) is 7.62. The molecule has 5 atom stereocenters. The number of benzene rings is 1. The van der Waals surface area contributed by atoms with E-state index in [2.05, 4.69) is 4.74 Å². The van der Waals surface area contributed by atoms with Gasteiger partial charge in [0.25, 0.3) is 0 Å². The fourth-order valence-corrected chi connectivity index (χ4v) is 2.68. The van der Waals surface area contributed by atoms with Gasteiger partial charge in [-0.3, -0.25) is 0 Å². The Morgan fingerprint density at radius 3 is 2.33 bits per heavy atom. The molecule has 1 aliphatic heterocycles. The Morgan fingerprint density at radius 2 is 1.75 bits per heavy atom. The number of hydrogen-bond acceptors (Lipinski definition) is 7. The zero-order valence-corrected chi connectivity index (χ0v) is 13.3. The highest BCUT2D eigenvalue weighted by Crippen LogP contribution is 2.29. The van der Waals surface area contributed by atoms with Crippen molar-refractivity contribution in [2.24, 2.45) is 0 Å². The van der Waals surface area contributed by atoms with E-state index in [1.165, 1.54) is 13.2 Å². The summed E-state index contributed by atoms with van der Waals surface area (Å²) >= 11 is 0. The van der Waals surface area contributed by atoms with Crippen LogP contribution < -0.4 is 0 Å². The van der Waals surface area contributed by atoms with Crippen LogP contribution in [-0.4, -0.2) is 70.6 Å². The molecule has 2 rings (SSSR count). The maximum absolute atomic E-state index is 11.6. The summed E-state index contributed by atoms with van der Waals surface area (Å²) < 4.78 is 10.1. The zero-order valence-electron chi connectivity index (χ0n) is 13.3. The Balaban J connectivity index is 2.25. The van der Waals surface area contributed by atoms with E-state index in [9.17, 15) is 25.2 Å². The topological polar surface area (TPSA) is 116 Å². The third kappa shape index (κ3) is 4.19. The minimum atomic E-state index is -1.45. The van der Waals surface area contributed by atoms with Gasteiger partial charge in [-0.2, -0.15) is 0 Å². The predicted molar refractivity (Wildman–Crippen MR) is 84.8 cm³/mol. The molecule has 3 unspecified atom stereocenters. The van der Waals surface area contributed by atoms with E-state index in [4.69, 9.17) is 4.74 Å². The number of hydrogen-bond donors (Lipinski definition) is 4. The van der Waals surface area contributed by atoms with Crippen LogP contribution in [0.25, 0.3) is 5.57 Å². The molecule has 1 fully saturated rings. The Kier molecular flexibility index (Phi) is 6.47. The molecule has 7 nitrogen and oxygen atoms in total. The first-order valence-electron chi connectivity index (χ1n) is 7.62. The van der Waals surface area contributed by atoms with Crippen molar-refractivity contribution in [1.29, 1.82) is 0 Å². The zero-order chi connectivity index (χ0) is 17.7. The maximum Gasteiger partial charge on any atom is 0.330 e. The summed E-state index contributed by atoms with van der Waals surface area (Å²) in [4.78, 5) is 11.6. The molecule has 1 aromatic carbocycles. The summed E-state index contributed by atoms with van der Waals surface area (Å²) in [6, 6.07) is 9.01. The quantitative estimate of drug-likeness (QED) is 0.421. The fourth-order valence-electron chi connectivity index (χ4n) is 2.68. The van der Waals surface area contributed by atoms with Crippen LogP contribution in [0.5, 0.6) is 0 Å². The highest BCUT2D eigenvalue weighted by Gasteiger charge is 2.43. The number of aliphatic hydroxyl groups is 4. The molecular formula is C17H22O7. The first-order chi connectivity index (χ1) is 11.5. The molecule has 7 heteroatoms. The van der Waals surface area contributed by atoms with Crippen molar-refractivity contribution < 1.29 is 34.7 Å². The lowest BCUT2D eigenvalue weighted by molar-refractivity contribution is -0.227. The second-order valence-electron chi connectivity index (χ2n) is 5.63. The molecule has 0 amide bonds. The van der Waals surface area contributed by atoms with Gasteiger partial charge in [-0.05, 0) is 11.1 Å². The predicted octanol–water partition coefficient (Wildman–Crippen LogP) is -0.525. The Bertz CT molecular complexity index is 570. The third-order valence-electron chi connectivity index (χ3n) is 4.05. The second-order valence-corrected chi connectivity index (χ2v) is 5.63. The molecule has 4 N–H and O–H groups in total. The summed E-state index contributed by atoms with van der Waals surface area (Å²) in [6.45, 7) is -0.497. The van der Waals surface area contributed by atoms with E-state index in [0.717, 1.165) is 5.56 Å². The smallest absolute Gasteiger partial charge is 0.330 e. The van der Waals surface area contributed by atoms with Crippen LogP contribution in [0.4, 0.5) is 0 Å². The standard InChI is InChI=1S/C17H22O7/c1-23-14(19)8-11(10-5-3-2-4-6-10)7-12-15(20)17(22)16(21)13(9-18)24-12/h2-6,8,12-13,15-18,20-22H,7,9H2,1H3/b11-8+/t12-,13?,15?,16-,17?/m0/s1. The molecule has 1 saturated heterocycles. The number of carbonyl (C=O) groups excluding carboxylic acids is 1. The number of esters is 1. The van der Waals surface area contributed by atoms with Crippen molar-refractivity contribution in [3.8, 4) is 0 Å². The molecule has 0 spiro atoms. The summed E-state index contributed by atoms with van der Waals surface area (Å²) in [7, 11) is 1.26. The average molecular weight is 338 g/mol. The SMILES string of the molecule is COC(=O)/C=C(\C[C@@H]1OC(CO)[C@H](O)C(O)C1O)c1ccccc1. The number of aliphatic hydroxyl groups excluding tert-OH is 4. The molecule has 0 bridgehead atoms.